The third-order valence-corrected chi connectivity index (χ3v) is 5.12. The van der Waals surface area contributed by atoms with Gasteiger partial charge in [-0.1, -0.05) is 17.7 Å². The Balaban J connectivity index is 1.66. The van der Waals surface area contributed by atoms with Gasteiger partial charge in [-0.15, -0.1) is 0 Å². The summed E-state index contributed by atoms with van der Waals surface area (Å²) in [6.07, 6.45) is 1.63. The number of aromatic nitrogens is 4. The third-order valence-electron chi connectivity index (χ3n) is 3.84. The Labute approximate surface area is 171 Å². The van der Waals surface area contributed by atoms with Gasteiger partial charge in [0.2, 0.25) is 5.91 Å². The average molecular weight is 472 g/mol. The lowest BCUT2D eigenvalue weighted by Gasteiger charge is -2.05. The summed E-state index contributed by atoms with van der Waals surface area (Å²) in [6.45, 7) is 1.69. The van der Waals surface area contributed by atoms with Crippen molar-refractivity contribution < 1.29 is 14.1 Å². The Bertz CT molecular complexity index is 1070. The number of amides is 1. The highest BCUT2D eigenvalue weighted by Crippen LogP contribution is 2.26. The quantitative estimate of drug-likeness (QED) is 0.437. The predicted molar refractivity (Wildman–Crippen MR) is 103 cm³/mol. The molecule has 1 N–H and O–H groups in total. The van der Waals surface area contributed by atoms with E-state index in [-0.39, 0.29) is 21.9 Å². The highest BCUT2D eigenvalue weighted by Gasteiger charge is 2.24. The van der Waals surface area contributed by atoms with Gasteiger partial charge in [-0.2, -0.15) is 9.78 Å². The molecule has 12 heteroatoms. The molecule has 0 unspecified atom stereocenters. The predicted octanol–water partition coefficient (Wildman–Crippen LogP) is 3.54. The zero-order valence-electron chi connectivity index (χ0n) is 14.4. The molecule has 0 aliphatic carbocycles. The molecule has 3 aromatic rings. The van der Waals surface area contributed by atoms with E-state index in [2.05, 4.69) is 31.4 Å². The van der Waals surface area contributed by atoms with Crippen LogP contribution in [0.3, 0.4) is 0 Å². The van der Waals surface area contributed by atoms with E-state index in [9.17, 15) is 19.3 Å². The summed E-state index contributed by atoms with van der Waals surface area (Å²) >= 11 is 9.10. The summed E-state index contributed by atoms with van der Waals surface area (Å²) < 4.78 is 16.1. The van der Waals surface area contributed by atoms with Gasteiger partial charge in [-0.05, 0) is 45.5 Å². The number of nitrogens with zero attached hydrogens (tertiary/aromatic N) is 5. The van der Waals surface area contributed by atoms with Crippen molar-refractivity contribution >= 4 is 45.1 Å². The molecule has 28 heavy (non-hydrogen) atoms. The molecule has 9 nitrogen and oxygen atoms in total. The van der Waals surface area contributed by atoms with Crippen molar-refractivity contribution in [2.75, 3.05) is 5.32 Å². The number of hydrogen-bond acceptors (Lipinski definition) is 5. The second-order valence-corrected chi connectivity index (χ2v) is 7.02. The minimum atomic E-state index is -0.631. The molecule has 0 fully saturated rings. The van der Waals surface area contributed by atoms with Gasteiger partial charge in [-0.25, -0.2) is 4.39 Å². The fourth-order valence-electron chi connectivity index (χ4n) is 2.44. The molecule has 146 valence electrons. The monoisotopic (exact) mass is 470 g/mol. The molecule has 0 saturated heterocycles. The highest BCUT2D eigenvalue weighted by atomic mass is 79.9. The van der Waals surface area contributed by atoms with Crippen molar-refractivity contribution in [1.82, 2.24) is 19.6 Å². The molecule has 0 atom stereocenters. The molecule has 2 aromatic heterocycles. The summed E-state index contributed by atoms with van der Waals surface area (Å²) in [4.78, 5) is 22.5. The number of anilines is 1. The van der Waals surface area contributed by atoms with Crippen molar-refractivity contribution in [3.63, 3.8) is 0 Å². The van der Waals surface area contributed by atoms with E-state index in [4.69, 9.17) is 11.6 Å². The lowest BCUT2D eigenvalue weighted by Crippen LogP contribution is -2.20. The molecule has 1 aromatic carbocycles. The third kappa shape index (κ3) is 4.37. The largest absolute Gasteiger partial charge is 0.404 e. The molecule has 0 spiro atoms. The van der Waals surface area contributed by atoms with Crippen LogP contribution in [0, 0.1) is 22.9 Å². The Kier molecular flexibility index (Phi) is 5.75. The van der Waals surface area contributed by atoms with Crippen molar-refractivity contribution in [2.24, 2.45) is 0 Å². The van der Waals surface area contributed by atoms with E-state index in [0.29, 0.717) is 23.6 Å². The second kappa shape index (κ2) is 8.07. The van der Waals surface area contributed by atoms with Crippen molar-refractivity contribution in [3.8, 4) is 0 Å². The van der Waals surface area contributed by atoms with Crippen LogP contribution < -0.4 is 5.32 Å². The van der Waals surface area contributed by atoms with Crippen molar-refractivity contribution in [1.29, 1.82) is 0 Å². The minimum Gasteiger partial charge on any atom is -0.358 e. The first-order valence-corrected chi connectivity index (χ1v) is 9.06. The van der Waals surface area contributed by atoms with Gasteiger partial charge in [0, 0.05) is 17.3 Å². The number of benzene rings is 1. The maximum Gasteiger partial charge on any atom is 0.404 e. The number of carbonyl (C=O) groups is 1. The van der Waals surface area contributed by atoms with E-state index >= 15 is 0 Å². The topological polar surface area (TPSA) is 108 Å². The molecule has 0 bridgehead atoms. The molecule has 2 heterocycles. The summed E-state index contributed by atoms with van der Waals surface area (Å²) in [7, 11) is 0. The summed E-state index contributed by atoms with van der Waals surface area (Å²) in [5.41, 5.74) is 1.13. The normalized spacial score (nSPS) is 10.9. The van der Waals surface area contributed by atoms with E-state index < -0.39 is 16.6 Å². The van der Waals surface area contributed by atoms with Gasteiger partial charge in [0.15, 0.2) is 5.82 Å². The average Bonchev–Trinajstić information content (AvgIpc) is 3.16. The smallest absolute Gasteiger partial charge is 0.358 e. The van der Waals surface area contributed by atoms with Gasteiger partial charge in [0.25, 0.3) is 0 Å². The van der Waals surface area contributed by atoms with Gasteiger partial charge in [-0.3, -0.25) is 9.48 Å². The molecule has 0 aliphatic rings. The van der Waals surface area contributed by atoms with Crippen LogP contribution in [-0.4, -0.2) is 30.4 Å². The van der Waals surface area contributed by atoms with Gasteiger partial charge >= 0.3 is 5.82 Å². The Morgan fingerprint density at radius 3 is 2.79 bits per heavy atom. The summed E-state index contributed by atoms with van der Waals surface area (Å²) in [5.74, 6) is -0.937. The fraction of sp³-hybridized carbons (Fsp3) is 0.188. The lowest BCUT2D eigenvalue weighted by molar-refractivity contribution is -0.390. The number of carbonyl (C=O) groups excluding carboxylic acids is 1. The van der Waals surface area contributed by atoms with Gasteiger partial charge in [0.1, 0.15) is 16.8 Å². The first kappa shape index (κ1) is 20.0. The SMILES string of the molecule is Cc1c(Br)c([N+](=O)[O-])nn1CC(=O)Nc1ccn(Cc2ccc(F)cc2Cl)n1. The number of nitro groups is 1. The molecule has 0 saturated carbocycles. The highest BCUT2D eigenvalue weighted by molar-refractivity contribution is 9.10. The maximum absolute atomic E-state index is 13.1. The van der Waals surface area contributed by atoms with E-state index in [0.717, 1.165) is 0 Å². The van der Waals surface area contributed by atoms with E-state index in [1.165, 1.54) is 21.5 Å². The van der Waals surface area contributed by atoms with Crippen LogP contribution in [0.1, 0.15) is 11.3 Å². The summed E-state index contributed by atoms with van der Waals surface area (Å²) in [6, 6.07) is 5.66. The molecule has 3 rings (SSSR count). The van der Waals surface area contributed by atoms with Crippen molar-refractivity contribution in [3.05, 3.63) is 67.1 Å². The zero-order chi connectivity index (χ0) is 20.4. The van der Waals surface area contributed by atoms with E-state index in [1.54, 1.807) is 25.3 Å². The van der Waals surface area contributed by atoms with E-state index in [1.807, 2.05) is 0 Å². The summed E-state index contributed by atoms with van der Waals surface area (Å²) in [5, 5.41) is 21.8. The van der Waals surface area contributed by atoms with Crippen LogP contribution >= 0.6 is 27.5 Å². The molecular formula is C16H13BrClFN6O3. The number of nitrogens with one attached hydrogen (secondary N) is 1. The van der Waals surface area contributed by atoms with Gasteiger partial charge in [0.05, 0.1) is 17.3 Å². The maximum atomic E-state index is 13.1. The lowest BCUT2D eigenvalue weighted by atomic mass is 10.2. The number of rotatable bonds is 6. The first-order chi connectivity index (χ1) is 13.2. The zero-order valence-corrected chi connectivity index (χ0v) is 16.7. The van der Waals surface area contributed by atoms with Crippen LogP contribution in [0.15, 0.2) is 34.9 Å². The fourth-order valence-corrected chi connectivity index (χ4v) is 3.09. The number of halogens is 3. The van der Waals surface area contributed by atoms with Crippen LogP contribution in [0.2, 0.25) is 5.02 Å². The molecular weight excluding hydrogens is 459 g/mol. The molecule has 0 radical (unpaired) electrons. The van der Waals surface area contributed by atoms with Crippen LogP contribution in [0.25, 0.3) is 0 Å². The first-order valence-electron chi connectivity index (χ1n) is 7.89. The molecule has 0 aliphatic heterocycles. The molecule has 1 amide bonds. The Morgan fingerprint density at radius 2 is 2.14 bits per heavy atom. The second-order valence-electron chi connectivity index (χ2n) is 5.82. The van der Waals surface area contributed by atoms with Gasteiger partial charge < -0.3 is 15.4 Å². The Hall–Kier alpha value is -2.79. The van der Waals surface area contributed by atoms with Crippen LogP contribution in [-0.2, 0) is 17.9 Å². The van der Waals surface area contributed by atoms with Crippen molar-refractivity contribution in [2.45, 2.75) is 20.0 Å². The van der Waals surface area contributed by atoms with Crippen LogP contribution in [0.5, 0.6) is 0 Å². The Morgan fingerprint density at radius 1 is 1.39 bits per heavy atom. The minimum absolute atomic E-state index is 0.213. The number of hydrogen-bond donors (Lipinski definition) is 1. The standard InChI is InChI=1S/C16H13BrClFN6O3/c1-9-15(17)16(25(27)28)22-24(9)8-14(26)20-13-4-5-23(21-13)7-10-2-3-11(19)6-12(10)18/h2-6H,7-8H2,1H3,(H,20,21,26). The van der Waals surface area contributed by atoms with Crippen LogP contribution in [0.4, 0.5) is 16.0 Å².